The molecule has 2 aromatic carbocycles. The summed E-state index contributed by atoms with van der Waals surface area (Å²) in [5.74, 6) is -1.33. The van der Waals surface area contributed by atoms with E-state index < -0.39 is 24.7 Å². The number of alkyl halides is 2. The average Bonchev–Trinajstić information content (AvgIpc) is 2.70. The van der Waals surface area contributed by atoms with Crippen LogP contribution in [0.25, 0.3) is 0 Å². The summed E-state index contributed by atoms with van der Waals surface area (Å²) in [6.07, 6.45) is -1.24. The van der Waals surface area contributed by atoms with E-state index in [1.165, 1.54) is 11.0 Å². The summed E-state index contributed by atoms with van der Waals surface area (Å²) in [6.45, 7) is -2.86. The van der Waals surface area contributed by atoms with Crippen molar-refractivity contribution >= 4 is 34.8 Å². The van der Waals surface area contributed by atoms with Crippen molar-refractivity contribution < 1.29 is 28.2 Å². The number of anilines is 1. The minimum Gasteiger partial charge on any atom is -0.435 e. The van der Waals surface area contributed by atoms with E-state index >= 15 is 0 Å². The van der Waals surface area contributed by atoms with Crippen LogP contribution in [0.15, 0.2) is 42.5 Å². The van der Waals surface area contributed by atoms with Gasteiger partial charge < -0.3 is 25.8 Å². The van der Waals surface area contributed by atoms with E-state index in [-0.39, 0.29) is 41.0 Å². The number of nitrogens with zero attached hydrogens (tertiary/aromatic N) is 1. The van der Waals surface area contributed by atoms with E-state index in [9.17, 15) is 23.5 Å². The number of amidine groups is 1. The molecule has 2 aromatic rings. The molecule has 1 fully saturated rings. The first-order valence-corrected chi connectivity index (χ1v) is 9.98. The van der Waals surface area contributed by atoms with E-state index in [1.807, 2.05) is 0 Å². The topological polar surface area (TPSA) is 129 Å². The minimum absolute atomic E-state index is 0.0139. The Morgan fingerprint density at radius 1 is 1.28 bits per heavy atom. The van der Waals surface area contributed by atoms with Crippen molar-refractivity contribution in [2.75, 3.05) is 18.4 Å². The van der Waals surface area contributed by atoms with Crippen LogP contribution >= 0.6 is 11.6 Å². The van der Waals surface area contributed by atoms with Crippen LogP contribution in [0.5, 0.6) is 5.75 Å². The third-order valence-electron chi connectivity index (χ3n) is 5.01. The number of likely N-dealkylation sites (tertiary alicyclic amines) is 1. The normalized spacial score (nSPS) is 16.3. The Bertz CT molecular complexity index is 1020. The van der Waals surface area contributed by atoms with Crippen LogP contribution in [0.1, 0.15) is 23.7 Å². The molecule has 1 aliphatic heterocycles. The fourth-order valence-corrected chi connectivity index (χ4v) is 3.51. The Hall–Kier alpha value is -3.24. The number of carbonyl (C=O) groups excluding carboxylic acids is 2. The number of nitrogens with two attached hydrogens (primary N) is 1. The van der Waals surface area contributed by atoms with Crippen LogP contribution < -0.4 is 15.8 Å². The molecule has 0 bridgehead atoms. The lowest BCUT2D eigenvalue weighted by molar-refractivity contribution is -0.153. The van der Waals surface area contributed by atoms with E-state index in [2.05, 4.69) is 10.1 Å². The molecule has 11 heteroatoms. The SMILES string of the molecule is N=C(N)c1ccc(NCC(=O)C2CCN2C(=O)C(O)c2cc(Cl)cc(OC(F)F)c2)cc1. The van der Waals surface area contributed by atoms with Gasteiger partial charge >= 0.3 is 6.61 Å². The van der Waals surface area contributed by atoms with Gasteiger partial charge in [-0.15, -0.1) is 0 Å². The second kappa shape index (κ2) is 9.92. The zero-order chi connectivity index (χ0) is 23.4. The zero-order valence-electron chi connectivity index (χ0n) is 16.7. The third kappa shape index (κ3) is 5.51. The van der Waals surface area contributed by atoms with Crippen LogP contribution in [0.2, 0.25) is 5.02 Å². The monoisotopic (exact) mass is 466 g/mol. The Kier molecular flexibility index (Phi) is 7.26. The van der Waals surface area contributed by atoms with Gasteiger partial charge in [0, 0.05) is 22.8 Å². The highest BCUT2D eigenvalue weighted by atomic mass is 35.5. The molecule has 0 spiro atoms. The van der Waals surface area contributed by atoms with E-state index in [0.717, 1.165) is 12.1 Å². The van der Waals surface area contributed by atoms with Gasteiger partial charge in [0.1, 0.15) is 11.6 Å². The molecule has 0 aromatic heterocycles. The lowest BCUT2D eigenvalue weighted by atomic mass is 9.96. The summed E-state index contributed by atoms with van der Waals surface area (Å²) in [6, 6.07) is 9.43. The predicted octanol–water partition coefficient (Wildman–Crippen LogP) is 2.54. The van der Waals surface area contributed by atoms with Crippen molar-refractivity contribution in [3.05, 3.63) is 58.6 Å². The number of ether oxygens (including phenoxy) is 1. The van der Waals surface area contributed by atoms with Gasteiger partial charge in [-0.3, -0.25) is 15.0 Å². The number of amides is 1. The highest BCUT2D eigenvalue weighted by molar-refractivity contribution is 6.30. The molecule has 1 amide bonds. The number of ketones is 1. The molecule has 0 saturated carbocycles. The van der Waals surface area contributed by atoms with Crippen molar-refractivity contribution in [3.8, 4) is 5.75 Å². The van der Waals surface area contributed by atoms with Gasteiger partial charge in [0.25, 0.3) is 5.91 Å². The third-order valence-corrected chi connectivity index (χ3v) is 5.22. The molecule has 1 heterocycles. The maximum Gasteiger partial charge on any atom is 0.387 e. The van der Waals surface area contributed by atoms with Crippen LogP contribution in [-0.2, 0) is 9.59 Å². The number of benzene rings is 2. The van der Waals surface area contributed by atoms with Gasteiger partial charge in [-0.05, 0) is 54.4 Å². The molecular formula is C21H21ClF2N4O4. The highest BCUT2D eigenvalue weighted by Crippen LogP contribution is 2.30. The van der Waals surface area contributed by atoms with Gasteiger partial charge in [0.15, 0.2) is 11.9 Å². The number of carbonyl (C=O) groups is 2. The fourth-order valence-electron chi connectivity index (χ4n) is 3.27. The van der Waals surface area contributed by atoms with Crippen molar-refractivity contribution in [1.82, 2.24) is 4.90 Å². The van der Waals surface area contributed by atoms with Crippen LogP contribution in [0, 0.1) is 5.41 Å². The number of hydrogen-bond acceptors (Lipinski definition) is 6. The number of aliphatic hydroxyl groups is 1. The highest BCUT2D eigenvalue weighted by Gasteiger charge is 2.39. The molecule has 0 radical (unpaired) electrons. The molecule has 2 unspecified atom stereocenters. The summed E-state index contributed by atoms with van der Waals surface area (Å²) in [5.41, 5.74) is 6.58. The molecule has 1 aliphatic rings. The van der Waals surface area contributed by atoms with Gasteiger partial charge in [-0.2, -0.15) is 8.78 Å². The first kappa shape index (κ1) is 23.4. The van der Waals surface area contributed by atoms with Gasteiger partial charge in [-0.1, -0.05) is 11.6 Å². The molecule has 2 atom stereocenters. The summed E-state index contributed by atoms with van der Waals surface area (Å²) in [7, 11) is 0. The van der Waals surface area contributed by atoms with E-state index in [1.54, 1.807) is 24.3 Å². The summed E-state index contributed by atoms with van der Waals surface area (Å²) >= 11 is 5.87. The number of halogens is 3. The number of nitrogens with one attached hydrogen (secondary N) is 2. The zero-order valence-corrected chi connectivity index (χ0v) is 17.5. The molecule has 1 saturated heterocycles. The predicted molar refractivity (Wildman–Crippen MR) is 114 cm³/mol. The largest absolute Gasteiger partial charge is 0.435 e. The second-order valence-corrected chi connectivity index (χ2v) is 7.58. The number of Topliss-reactive ketones (excluding diaryl/α,β-unsaturated/α-hetero) is 1. The Balaban J connectivity index is 1.61. The molecule has 3 rings (SSSR count). The van der Waals surface area contributed by atoms with Crippen LogP contribution in [-0.4, -0.2) is 53.3 Å². The van der Waals surface area contributed by atoms with E-state index in [4.69, 9.17) is 22.7 Å². The van der Waals surface area contributed by atoms with Crippen LogP contribution in [0.3, 0.4) is 0 Å². The Labute approximate surface area is 187 Å². The number of aliphatic hydroxyl groups excluding tert-OH is 1. The number of rotatable bonds is 9. The fraction of sp³-hybridized carbons (Fsp3) is 0.286. The second-order valence-electron chi connectivity index (χ2n) is 7.15. The molecule has 32 heavy (non-hydrogen) atoms. The summed E-state index contributed by atoms with van der Waals surface area (Å²) in [4.78, 5) is 26.5. The summed E-state index contributed by atoms with van der Waals surface area (Å²) < 4.78 is 29.2. The molecule has 8 nitrogen and oxygen atoms in total. The minimum atomic E-state index is -3.09. The molecule has 0 aliphatic carbocycles. The van der Waals surface area contributed by atoms with E-state index in [0.29, 0.717) is 17.7 Å². The van der Waals surface area contributed by atoms with Crippen LogP contribution in [0.4, 0.5) is 14.5 Å². The van der Waals surface area contributed by atoms with Crippen molar-refractivity contribution in [2.24, 2.45) is 5.73 Å². The van der Waals surface area contributed by atoms with Crippen molar-refractivity contribution in [3.63, 3.8) is 0 Å². The van der Waals surface area contributed by atoms with Gasteiger partial charge in [0.2, 0.25) is 0 Å². The van der Waals surface area contributed by atoms with Crippen molar-refractivity contribution in [1.29, 1.82) is 5.41 Å². The Morgan fingerprint density at radius 3 is 2.53 bits per heavy atom. The quantitative estimate of drug-likeness (QED) is 0.332. The van der Waals surface area contributed by atoms with Crippen molar-refractivity contribution in [2.45, 2.75) is 25.2 Å². The molecule has 5 N–H and O–H groups in total. The smallest absolute Gasteiger partial charge is 0.387 e. The molecular weight excluding hydrogens is 446 g/mol. The summed E-state index contributed by atoms with van der Waals surface area (Å²) in [5, 5.41) is 20.8. The average molecular weight is 467 g/mol. The number of hydrogen-bond donors (Lipinski definition) is 4. The first-order chi connectivity index (χ1) is 15.2. The molecule has 170 valence electrons. The lowest BCUT2D eigenvalue weighted by Gasteiger charge is -2.41. The van der Waals surface area contributed by atoms with Gasteiger partial charge in [0.05, 0.1) is 12.6 Å². The maximum atomic E-state index is 12.7. The standard InChI is InChI=1S/C21H21ClF2N4O4/c22-13-7-12(8-15(9-13)32-21(23)24)18(30)20(31)28-6-5-16(28)17(29)10-27-14-3-1-11(2-4-14)19(25)26/h1-4,7-9,16,18,21,27,30H,5-6,10H2,(H3,25,26). The first-order valence-electron chi connectivity index (χ1n) is 9.60. The lowest BCUT2D eigenvalue weighted by Crippen LogP contribution is -2.57. The number of nitrogen functional groups attached to an aromatic ring is 1. The van der Waals surface area contributed by atoms with Gasteiger partial charge in [-0.25, -0.2) is 0 Å². The maximum absolute atomic E-state index is 12.7. The Morgan fingerprint density at radius 2 is 1.97 bits per heavy atom.